The summed E-state index contributed by atoms with van der Waals surface area (Å²) in [4.78, 5) is 30.5. The van der Waals surface area contributed by atoms with Crippen LogP contribution in [0.4, 0.5) is 0 Å². The van der Waals surface area contributed by atoms with Crippen molar-refractivity contribution in [1.82, 2.24) is 9.55 Å². The Morgan fingerprint density at radius 1 is 1.31 bits per heavy atom. The summed E-state index contributed by atoms with van der Waals surface area (Å²) < 4.78 is 6.69. The lowest BCUT2D eigenvalue weighted by Crippen LogP contribution is -2.29. The number of aryl methyl sites for hydroxylation is 1. The minimum atomic E-state index is -1.04. The van der Waals surface area contributed by atoms with Gasteiger partial charge in [0.05, 0.1) is 18.3 Å². The van der Waals surface area contributed by atoms with Crippen LogP contribution in [-0.2, 0) is 4.79 Å². The van der Waals surface area contributed by atoms with E-state index < -0.39 is 12.0 Å². The van der Waals surface area contributed by atoms with Crippen molar-refractivity contribution in [3.8, 4) is 16.9 Å². The molecule has 136 valence electrons. The summed E-state index contributed by atoms with van der Waals surface area (Å²) in [5, 5.41) is 9.87. The van der Waals surface area contributed by atoms with Gasteiger partial charge in [0.2, 0.25) is 0 Å². The molecule has 0 aliphatic heterocycles. The molecule has 6 nitrogen and oxygen atoms in total. The van der Waals surface area contributed by atoms with E-state index in [1.165, 1.54) is 22.2 Å². The molecule has 0 saturated heterocycles. The van der Waals surface area contributed by atoms with Gasteiger partial charge in [-0.25, -0.2) is 9.78 Å². The van der Waals surface area contributed by atoms with Crippen LogP contribution in [0.3, 0.4) is 0 Å². The quantitative estimate of drug-likeness (QED) is 0.710. The van der Waals surface area contributed by atoms with Gasteiger partial charge in [-0.1, -0.05) is 19.1 Å². The van der Waals surface area contributed by atoms with Crippen LogP contribution in [0.1, 0.15) is 31.2 Å². The zero-order chi connectivity index (χ0) is 18.8. The number of rotatable bonds is 6. The molecule has 0 spiro atoms. The average Bonchev–Trinajstić information content (AvgIpc) is 2.95. The van der Waals surface area contributed by atoms with Gasteiger partial charge in [-0.05, 0) is 38.0 Å². The van der Waals surface area contributed by atoms with Crippen LogP contribution < -0.4 is 10.3 Å². The van der Waals surface area contributed by atoms with Crippen molar-refractivity contribution >= 4 is 27.5 Å². The largest absolute Gasteiger partial charge is 0.494 e. The van der Waals surface area contributed by atoms with E-state index in [4.69, 9.17) is 4.74 Å². The highest BCUT2D eigenvalue weighted by Crippen LogP contribution is 2.36. The molecular weight excluding hydrogens is 352 g/mol. The Bertz CT molecular complexity index is 1000. The highest BCUT2D eigenvalue weighted by Gasteiger charge is 2.23. The second kappa shape index (κ2) is 7.29. The number of ether oxygens (including phenoxy) is 1. The molecule has 1 unspecified atom stereocenters. The van der Waals surface area contributed by atoms with Crippen molar-refractivity contribution in [2.75, 3.05) is 6.61 Å². The molecule has 3 aromatic rings. The van der Waals surface area contributed by atoms with E-state index in [9.17, 15) is 14.7 Å². The van der Waals surface area contributed by atoms with E-state index in [2.05, 4.69) is 4.98 Å². The number of fused-ring (bicyclic) bond motifs is 1. The molecule has 1 aromatic carbocycles. The van der Waals surface area contributed by atoms with Gasteiger partial charge in [0, 0.05) is 10.4 Å². The van der Waals surface area contributed by atoms with Crippen LogP contribution >= 0.6 is 11.3 Å². The first-order valence-electron chi connectivity index (χ1n) is 8.44. The van der Waals surface area contributed by atoms with Crippen molar-refractivity contribution in [3.63, 3.8) is 0 Å². The molecule has 0 radical (unpaired) electrons. The summed E-state index contributed by atoms with van der Waals surface area (Å²) >= 11 is 1.44. The minimum Gasteiger partial charge on any atom is -0.494 e. The van der Waals surface area contributed by atoms with Crippen molar-refractivity contribution in [1.29, 1.82) is 0 Å². The predicted molar refractivity (Wildman–Crippen MR) is 102 cm³/mol. The fourth-order valence-electron chi connectivity index (χ4n) is 3.06. The summed E-state index contributed by atoms with van der Waals surface area (Å²) in [6, 6.07) is 6.62. The van der Waals surface area contributed by atoms with E-state index in [0.29, 0.717) is 23.2 Å². The average molecular weight is 372 g/mol. The van der Waals surface area contributed by atoms with Crippen LogP contribution in [0.25, 0.3) is 21.3 Å². The second-order valence-electron chi connectivity index (χ2n) is 5.89. The molecule has 0 aliphatic carbocycles. The number of carboxylic acids is 1. The van der Waals surface area contributed by atoms with Crippen LogP contribution in [0.15, 0.2) is 35.4 Å². The first-order valence-corrected chi connectivity index (χ1v) is 9.25. The van der Waals surface area contributed by atoms with E-state index >= 15 is 0 Å². The van der Waals surface area contributed by atoms with Crippen molar-refractivity contribution in [2.24, 2.45) is 0 Å². The van der Waals surface area contributed by atoms with Crippen molar-refractivity contribution in [3.05, 3.63) is 45.8 Å². The van der Waals surface area contributed by atoms with E-state index in [1.54, 1.807) is 6.92 Å². The Kier molecular flexibility index (Phi) is 5.08. The molecule has 7 heteroatoms. The second-order valence-corrected chi connectivity index (χ2v) is 7.09. The molecule has 2 heterocycles. The number of aromatic nitrogens is 2. The van der Waals surface area contributed by atoms with Gasteiger partial charge in [0.1, 0.15) is 16.6 Å². The summed E-state index contributed by atoms with van der Waals surface area (Å²) in [6.07, 6.45) is 1.65. The molecule has 3 rings (SSSR count). The van der Waals surface area contributed by atoms with Gasteiger partial charge < -0.3 is 9.84 Å². The predicted octanol–water partition coefficient (Wildman–Crippen LogP) is 3.87. The molecule has 0 amide bonds. The third kappa shape index (κ3) is 3.10. The van der Waals surface area contributed by atoms with Gasteiger partial charge in [-0.15, -0.1) is 11.3 Å². The molecule has 0 bridgehead atoms. The maximum Gasteiger partial charge on any atom is 0.326 e. The summed E-state index contributed by atoms with van der Waals surface area (Å²) in [5.41, 5.74) is 1.37. The first kappa shape index (κ1) is 18.1. The summed E-state index contributed by atoms with van der Waals surface area (Å²) in [5.74, 6) is -0.272. The lowest BCUT2D eigenvalue weighted by Gasteiger charge is -2.13. The number of thiophene rings is 1. The number of aliphatic carboxylic acids is 1. The highest BCUT2D eigenvalue weighted by atomic mass is 32.1. The van der Waals surface area contributed by atoms with Crippen molar-refractivity contribution < 1.29 is 14.6 Å². The van der Waals surface area contributed by atoms with Crippen LogP contribution in [0, 0.1) is 6.92 Å². The van der Waals surface area contributed by atoms with E-state index in [0.717, 1.165) is 21.8 Å². The zero-order valence-electron chi connectivity index (χ0n) is 14.9. The maximum absolute atomic E-state index is 13.1. The number of benzene rings is 1. The van der Waals surface area contributed by atoms with Gasteiger partial charge in [0.25, 0.3) is 5.56 Å². The van der Waals surface area contributed by atoms with E-state index in [-0.39, 0.29) is 5.56 Å². The number of hydrogen-bond acceptors (Lipinski definition) is 5. The number of nitrogens with zero attached hydrogens (tertiary/aromatic N) is 2. The maximum atomic E-state index is 13.1. The number of hydrogen-bond donors (Lipinski definition) is 1. The van der Waals surface area contributed by atoms with Crippen LogP contribution in [-0.4, -0.2) is 27.2 Å². The normalized spacial score (nSPS) is 12.3. The molecule has 0 saturated carbocycles. The minimum absolute atomic E-state index is 0.309. The molecule has 0 aliphatic rings. The molecule has 0 fully saturated rings. The third-order valence-electron chi connectivity index (χ3n) is 4.27. The Labute approximate surface area is 154 Å². The number of carboxylic acid groups (broad SMARTS) is 1. The SMILES string of the molecule is CCOc1ccc(-c2c(C)sc3ncn(C(CC)C(=O)O)c(=O)c23)cc1. The van der Waals surface area contributed by atoms with Crippen molar-refractivity contribution in [2.45, 2.75) is 33.2 Å². The number of carbonyl (C=O) groups is 1. The van der Waals surface area contributed by atoms with Crippen LogP contribution in [0.2, 0.25) is 0 Å². The first-order chi connectivity index (χ1) is 12.5. The Morgan fingerprint density at radius 2 is 2.00 bits per heavy atom. The molecule has 26 heavy (non-hydrogen) atoms. The van der Waals surface area contributed by atoms with Gasteiger partial charge >= 0.3 is 5.97 Å². The summed E-state index contributed by atoms with van der Waals surface area (Å²) in [6.45, 7) is 6.19. The van der Waals surface area contributed by atoms with Crippen LogP contribution in [0.5, 0.6) is 5.75 Å². The lowest BCUT2D eigenvalue weighted by atomic mass is 10.0. The monoisotopic (exact) mass is 372 g/mol. The Morgan fingerprint density at radius 3 is 2.58 bits per heavy atom. The fraction of sp³-hybridized carbons (Fsp3) is 0.316. The molecule has 1 N–H and O–H groups in total. The smallest absolute Gasteiger partial charge is 0.326 e. The van der Waals surface area contributed by atoms with E-state index in [1.807, 2.05) is 38.1 Å². The highest BCUT2D eigenvalue weighted by molar-refractivity contribution is 7.19. The van der Waals surface area contributed by atoms with Gasteiger partial charge in [-0.2, -0.15) is 0 Å². The Hall–Kier alpha value is -2.67. The molecular formula is C19H20N2O4S. The molecule has 1 atom stereocenters. The van der Waals surface area contributed by atoms with Gasteiger partial charge in [0.15, 0.2) is 0 Å². The molecule has 2 aromatic heterocycles. The van der Waals surface area contributed by atoms with Gasteiger partial charge in [-0.3, -0.25) is 9.36 Å². The lowest BCUT2D eigenvalue weighted by molar-refractivity contribution is -0.141. The third-order valence-corrected chi connectivity index (χ3v) is 5.29. The Balaban J connectivity index is 2.21. The zero-order valence-corrected chi connectivity index (χ0v) is 15.7. The summed E-state index contributed by atoms with van der Waals surface area (Å²) in [7, 11) is 0. The topological polar surface area (TPSA) is 81.4 Å². The standard InChI is InChI=1S/C19H20N2O4S/c1-4-14(19(23)24)21-10-20-17-16(18(21)22)15(11(3)26-17)12-6-8-13(9-7-12)25-5-2/h6-10,14H,4-5H2,1-3H3,(H,23,24). The fourth-order valence-corrected chi connectivity index (χ4v) is 4.06.